The van der Waals surface area contributed by atoms with Crippen LogP contribution in [0.25, 0.3) is 0 Å². The fraction of sp³-hybridized carbons (Fsp3) is 0.688. The smallest absolute Gasteiger partial charge is 0.214 e. The molecule has 1 aromatic rings. The number of piperidine rings is 1. The lowest BCUT2D eigenvalue weighted by atomic mass is 9.93. The van der Waals surface area contributed by atoms with E-state index in [4.69, 9.17) is 4.74 Å². The first-order valence-electron chi connectivity index (χ1n) is 8.29. The van der Waals surface area contributed by atoms with Gasteiger partial charge in [-0.2, -0.15) is 4.31 Å². The zero-order valence-electron chi connectivity index (χ0n) is 13.6. The van der Waals surface area contributed by atoms with Crippen LogP contribution < -0.4 is 0 Å². The molecule has 0 bridgehead atoms. The molecule has 0 aliphatic carbocycles. The van der Waals surface area contributed by atoms with Gasteiger partial charge in [-0.25, -0.2) is 8.42 Å². The Bertz CT molecular complexity index is 608. The van der Waals surface area contributed by atoms with Crippen LogP contribution in [0.3, 0.4) is 0 Å². The van der Waals surface area contributed by atoms with Crippen molar-refractivity contribution in [3.05, 3.63) is 30.1 Å². The van der Waals surface area contributed by atoms with Crippen LogP contribution in [-0.2, 0) is 21.3 Å². The number of rotatable bonds is 4. The van der Waals surface area contributed by atoms with Gasteiger partial charge in [-0.15, -0.1) is 0 Å². The molecule has 2 aliphatic rings. The van der Waals surface area contributed by atoms with E-state index in [1.165, 1.54) is 0 Å². The van der Waals surface area contributed by atoms with Crippen LogP contribution in [0.1, 0.15) is 19.0 Å². The molecule has 0 amide bonds. The number of ether oxygens (including phenoxy) is 1. The van der Waals surface area contributed by atoms with Crippen molar-refractivity contribution in [3.63, 3.8) is 0 Å². The number of likely N-dealkylation sites (tertiary alicyclic amines) is 1. The van der Waals surface area contributed by atoms with Gasteiger partial charge in [0, 0.05) is 44.3 Å². The summed E-state index contributed by atoms with van der Waals surface area (Å²) in [5.41, 5.74) is 1.05. The molecular weight excluding hydrogens is 314 g/mol. The quantitative estimate of drug-likeness (QED) is 0.817. The van der Waals surface area contributed by atoms with Gasteiger partial charge in [0.25, 0.3) is 0 Å². The largest absolute Gasteiger partial charge is 0.380 e. The summed E-state index contributed by atoms with van der Waals surface area (Å²) < 4.78 is 32.1. The van der Waals surface area contributed by atoms with E-state index in [9.17, 15) is 8.42 Å². The average Bonchev–Trinajstić information content (AvgIpc) is 2.78. The van der Waals surface area contributed by atoms with Gasteiger partial charge < -0.3 is 4.74 Å². The molecule has 128 valence electrons. The van der Waals surface area contributed by atoms with E-state index in [2.05, 4.69) is 9.88 Å². The van der Waals surface area contributed by atoms with Gasteiger partial charge in [0.2, 0.25) is 10.0 Å². The Labute approximate surface area is 138 Å². The van der Waals surface area contributed by atoms with Crippen molar-refractivity contribution >= 4 is 10.0 Å². The molecule has 3 heterocycles. The van der Waals surface area contributed by atoms with Crippen LogP contribution in [0.4, 0.5) is 0 Å². The highest BCUT2D eigenvalue weighted by atomic mass is 32.2. The van der Waals surface area contributed by atoms with Crippen LogP contribution in [0.5, 0.6) is 0 Å². The maximum atomic E-state index is 12.4. The summed E-state index contributed by atoms with van der Waals surface area (Å²) in [6, 6.07) is 6.02. The summed E-state index contributed by atoms with van der Waals surface area (Å²) in [5, 5.41) is 0. The van der Waals surface area contributed by atoms with Crippen molar-refractivity contribution in [1.29, 1.82) is 0 Å². The highest BCUT2D eigenvalue weighted by Gasteiger charge is 2.39. The summed E-state index contributed by atoms with van der Waals surface area (Å²) in [5.74, 6) is 0.393. The Balaban J connectivity index is 1.70. The Hall–Kier alpha value is -1.02. The predicted octanol–water partition coefficient (Wildman–Crippen LogP) is 0.954. The van der Waals surface area contributed by atoms with E-state index in [1.54, 1.807) is 11.2 Å². The molecular formula is C16H25N3O3S. The molecule has 1 aromatic heterocycles. The Morgan fingerprint density at radius 1 is 1.35 bits per heavy atom. The van der Waals surface area contributed by atoms with Gasteiger partial charge >= 0.3 is 0 Å². The van der Waals surface area contributed by atoms with Crippen LogP contribution in [-0.4, -0.2) is 67.2 Å². The molecule has 6 nitrogen and oxygen atoms in total. The first-order chi connectivity index (χ1) is 11.1. The van der Waals surface area contributed by atoms with Crippen molar-refractivity contribution in [3.8, 4) is 0 Å². The highest BCUT2D eigenvalue weighted by molar-refractivity contribution is 7.89. The molecule has 0 aromatic carbocycles. The van der Waals surface area contributed by atoms with Crippen molar-refractivity contribution in [1.82, 2.24) is 14.2 Å². The minimum absolute atomic E-state index is 0.0717. The first-order valence-corrected chi connectivity index (χ1v) is 9.90. The number of nitrogens with zero attached hydrogens (tertiary/aromatic N) is 3. The van der Waals surface area contributed by atoms with Gasteiger partial charge in [-0.3, -0.25) is 9.88 Å². The van der Waals surface area contributed by atoms with Crippen LogP contribution in [0.15, 0.2) is 24.4 Å². The Morgan fingerprint density at radius 2 is 2.22 bits per heavy atom. The molecule has 0 saturated carbocycles. The number of fused-ring (bicyclic) bond motifs is 1. The predicted molar refractivity (Wildman–Crippen MR) is 88.4 cm³/mol. The zero-order chi connectivity index (χ0) is 16.3. The van der Waals surface area contributed by atoms with Crippen molar-refractivity contribution < 1.29 is 13.2 Å². The van der Waals surface area contributed by atoms with Crippen molar-refractivity contribution in [2.24, 2.45) is 5.92 Å². The number of hydrogen-bond acceptors (Lipinski definition) is 5. The van der Waals surface area contributed by atoms with Gasteiger partial charge in [-0.05, 0) is 25.5 Å². The summed E-state index contributed by atoms with van der Waals surface area (Å²) in [4.78, 5) is 6.74. The highest BCUT2D eigenvalue weighted by Crippen LogP contribution is 2.28. The fourth-order valence-electron chi connectivity index (χ4n) is 3.57. The zero-order valence-corrected chi connectivity index (χ0v) is 14.4. The second-order valence-corrected chi connectivity index (χ2v) is 8.47. The van der Waals surface area contributed by atoms with E-state index in [0.717, 1.165) is 31.7 Å². The lowest BCUT2D eigenvalue weighted by Crippen LogP contribution is -2.53. The SMILES string of the molecule is CCS(=O)(=O)N1CCOC[C@H]2CN(Cc3ccccn3)CC[C@H]21. The van der Waals surface area contributed by atoms with Crippen molar-refractivity contribution in [2.45, 2.75) is 25.9 Å². The van der Waals surface area contributed by atoms with Gasteiger partial charge in [0.15, 0.2) is 0 Å². The minimum Gasteiger partial charge on any atom is -0.380 e. The third kappa shape index (κ3) is 3.91. The van der Waals surface area contributed by atoms with E-state index >= 15 is 0 Å². The lowest BCUT2D eigenvalue weighted by molar-refractivity contribution is 0.0607. The maximum absolute atomic E-state index is 12.4. The molecule has 0 radical (unpaired) electrons. The summed E-state index contributed by atoms with van der Waals surface area (Å²) in [7, 11) is -3.17. The van der Waals surface area contributed by atoms with Gasteiger partial charge in [0.1, 0.15) is 0 Å². The van der Waals surface area contributed by atoms with E-state index in [1.807, 2.05) is 24.4 Å². The van der Waals surface area contributed by atoms with Gasteiger partial charge in [-0.1, -0.05) is 6.07 Å². The van der Waals surface area contributed by atoms with Crippen LogP contribution in [0.2, 0.25) is 0 Å². The Morgan fingerprint density at radius 3 is 2.96 bits per heavy atom. The normalized spacial score (nSPS) is 27.3. The molecule has 23 heavy (non-hydrogen) atoms. The first kappa shape index (κ1) is 16.8. The van der Waals surface area contributed by atoms with Crippen LogP contribution in [0, 0.1) is 5.92 Å². The summed E-state index contributed by atoms with van der Waals surface area (Å²) in [6.45, 7) is 5.89. The van der Waals surface area contributed by atoms with Gasteiger partial charge in [0.05, 0.1) is 24.7 Å². The average molecular weight is 339 g/mol. The molecule has 2 saturated heterocycles. The number of aromatic nitrogens is 1. The monoisotopic (exact) mass is 339 g/mol. The molecule has 2 aliphatic heterocycles. The third-order valence-electron chi connectivity index (χ3n) is 4.77. The fourth-order valence-corrected chi connectivity index (χ4v) is 4.94. The van der Waals surface area contributed by atoms with Crippen LogP contribution >= 0.6 is 0 Å². The minimum atomic E-state index is -3.17. The third-order valence-corrected chi connectivity index (χ3v) is 6.67. The number of sulfonamides is 1. The second-order valence-electron chi connectivity index (χ2n) is 6.26. The molecule has 3 rings (SSSR count). The number of pyridine rings is 1. The molecule has 2 atom stereocenters. The topological polar surface area (TPSA) is 62.7 Å². The Kier molecular flexibility index (Phi) is 5.31. The van der Waals surface area contributed by atoms with E-state index in [-0.39, 0.29) is 17.7 Å². The van der Waals surface area contributed by atoms with Crippen molar-refractivity contribution in [2.75, 3.05) is 38.6 Å². The summed E-state index contributed by atoms with van der Waals surface area (Å²) in [6.07, 6.45) is 2.67. The van der Waals surface area contributed by atoms with E-state index < -0.39 is 10.0 Å². The molecule has 0 N–H and O–H groups in total. The van der Waals surface area contributed by atoms with E-state index in [0.29, 0.717) is 19.8 Å². The molecule has 2 fully saturated rings. The lowest BCUT2D eigenvalue weighted by Gasteiger charge is -2.41. The number of hydrogen-bond donors (Lipinski definition) is 0. The standard InChI is InChI=1S/C16H25N3O3S/c1-2-23(20,21)19-9-10-22-13-14-11-18(8-6-16(14)19)12-15-5-3-4-7-17-15/h3-5,7,14,16H,2,6,8-13H2,1H3/t14-,16-/m1/s1. The molecule has 0 unspecified atom stereocenters. The maximum Gasteiger partial charge on any atom is 0.214 e. The summed E-state index contributed by atoms with van der Waals surface area (Å²) >= 11 is 0. The molecule has 7 heteroatoms. The molecule has 0 spiro atoms. The second kappa shape index (κ2) is 7.25.